The molecule has 0 atom stereocenters. The highest BCUT2D eigenvalue weighted by Gasteiger charge is 2.14. The summed E-state index contributed by atoms with van der Waals surface area (Å²) in [5.74, 6) is -0.103. The van der Waals surface area contributed by atoms with E-state index >= 15 is 0 Å². The van der Waals surface area contributed by atoms with Crippen LogP contribution in [0.1, 0.15) is 46.6 Å². The second kappa shape index (κ2) is 10.5. The summed E-state index contributed by atoms with van der Waals surface area (Å²) in [6.07, 6.45) is 1.79. The minimum atomic E-state index is -1.59. The van der Waals surface area contributed by atoms with Gasteiger partial charge in [-0.1, -0.05) is 21.3 Å². The zero-order chi connectivity index (χ0) is 14.9. The van der Waals surface area contributed by atoms with Gasteiger partial charge in [-0.15, -0.1) is 0 Å². The Kier molecular flexibility index (Phi) is 11.1. The fourth-order valence-electron chi connectivity index (χ4n) is 1.64. The van der Waals surface area contributed by atoms with E-state index in [0.29, 0.717) is 12.8 Å². The van der Waals surface area contributed by atoms with E-state index in [1.54, 1.807) is 14.2 Å². The van der Waals surface area contributed by atoms with Gasteiger partial charge in [0.25, 0.3) is 0 Å². The van der Waals surface area contributed by atoms with Gasteiger partial charge >= 0.3 is 0 Å². The fourth-order valence-corrected chi connectivity index (χ4v) is 1.64. The lowest BCUT2D eigenvalue weighted by molar-refractivity contribution is -0.149. The van der Waals surface area contributed by atoms with Crippen molar-refractivity contribution in [2.24, 2.45) is 0 Å². The van der Waals surface area contributed by atoms with Gasteiger partial charge in [-0.2, -0.15) is 0 Å². The molecule has 2 N–H and O–H groups in total. The largest absolute Gasteiger partial charge is 0.497 e. The Morgan fingerprint density at radius 1 is 1.00 bits per heavy atom. The number of rotatable bonds is 6. The molecule has 0 aromatic heterocycles. The molecule has 20 heavy (non-hydrogen) atoms. The van der Waals surface area contributed by atoms with Crippen molar-refractivity contribution in [3.05, 3.63) is 23.8 Å². The summed E-state index contributed by atoms with van der Waals surface area (Å²) < 4.78 is 10.3. The lowest BCUT2D eigenvalue weighted by atomic mass is 10.0. The Hall–Kier alpha value is -1.26. The minimum absolute atomic E-state index is 0. The Morgan fingerprint density at radius 2 is 1.45 bits per heavy atom. The SMILES string of the molecule is C.CC.COc1cc(CCCC(C)(O)O)cc(OC)c1. The molecule has 0 amide bonds. The number of aliphatic hydroxyl groups is 2. The molecule has 4 nitrogen and oxygen atoms in total. The summed E-state index contributed by atoms with van der Waals surface area (Å²) in [6.45, 7) is 5.39. The van der Waals surface area contributed by atoms with Crippen LogP contribution < -0.4 is 9.47 Å². The van der Waals surface area contributed by atoms with Crippen LogP contribution in [-0.4, -0.2) is 30.2 Å². The first-order valence-electron chi connectivity index (χ1n) is 6.61. The van der Waals surface area contributed by atoms with Gasteiger partial charge in [-0.25, -0.2) is 0 Å². The normalized spacial score (nSPS) is 9.95. The lowest BCUT2D eigenvalue weighted by Gasteiger charge is -2.15. The Labute approximate surface area is 123 Å². The van der Waals surface area contributed by atoms with Crippen molar-refractivity contribution in [1.82, 2.24) is 0 Å². The van der Waals surface area contributed by atoms with Crippen molar-refractivity contribution < 1.29 is 19.7 Å². The number of hydrogen-bond acceptors (Lipinski definition) is 4. The quantitative estimate of drug-likeness (QED) is 0.787. The Bertz CT molecular complexity index is 334. The molecule has 1 aromatic carbocycles. The van der Waals surface area contributed by atoms with Gasteiger partial charge in [0.15, 0.2) is 5.79 Å². The number of ether oxygens (including phenoxy) is 2. The molecule has 1 rings (SSSR count). The van der Waals surface area contributed by atoms with Crippen molar-refractivity contribution in [1.29, 1.82) is 0 Å². The van der Waals surface area contributed by atoms with Crippen LogP contribution in [0.3, 0.4) is 0 Å². The number of aryl methyl sites for hydroxylation is 1. The second-order valence-electron chi connectivity index (χ2n) is 4.29. The van der Waals surface area contributed by atoms with Crippen LogP contribution in [0, 0.1) is 0 Å². The zero-order valence-corrected chi connectivity index (χ0v) is 12.6. The van der Waals surface area contributed by atoms with Gasteiger partial charge < -0.3 is 19.7 Å². The van der Waals surface area contributed by atoms with E-state index in [1.807, 2.05) is 32.0 Å². The maximum Gasteiger partial charge on any atom is 0.159 e. The predicted molar refractivity (Wildman–Crippen MR) is 83.4 cm³/mol. The van der Waals surface area contributed by atoms with E-state index in [4.69, 9.17) is 9.47 Å². The van der Waals surface area contributed by atoms with E-state index in [1.165, 1.54) is 6.92 Å². The van der Waals surface area contributed by atoms with Crippen molar-refractivity contribution in [2.45, 2.75) is 53.2 Å². The maximum absolute atomic E-state index is 9.20. The van der Waals surface area contributed by atoms with Crippen molar-refractivity contribution >= 4 is 0 Å². The molecule has 0 heterocycles. The summed E-state index contributed by atoms with van der Waals surface area (Å²) in [6, 6.07) is 5.66. The van der Waals surface area contributed by atoms with E-state index in [9.17, 15) is 10.2 Å². The van der Waals surface area contributed by atoms with E-state index in [-0.39, 0.29) is 7.43 Å². The molecule has 0 aliphatic carbocycles. The molecule has 4 heteroatoms. The average Bonchev–Trinajstić information content (AvgIpc) is 2.39. The third-order valence-electron chi connectivity index (χ3n) is 2.53. The van der Waals surface area contributed by atoms with Gasteiger partial charge in [-0.05, 0) is 37.5 Å². The monoisotopic (exact) mass is 286 g/mol. The molecule has 1 aromatic rings. The van der Waals surface area contributed by atoms with Crippen LogP contribution >= 0.6 is 0 Å². The third-order valence-corrected chi connectivity index (χ3v) is 2.53. The average molecular weight is 286 g/mol. The molecule has 0 fully saturated rings. The first kappa shape index (κ1) is 21.0. The molecule has 118 valence electrons. The Balaban J connectivity index is 0. The first-order valence-corrected chi connectivity index (χ1v) is 6.61. The van der Waals surface area contributed by atoms with Crippen molar-refractivity contribution in [2.75, 3.05) is 14.2 Å². The van der Waals surface area contributed by atoms with Crippen LogP contribution in [0.2, 0.25) is 0 Å². The zero-order valence-electron chi connectivity index (χ0n) is 12.6. The first-order chi connectivity index (χ1) is 8.94. The highest BCUT2D eigenvalue weighted by molar-refractivity contribution is 5.38. The molecule has 0 saturated heterocycles. The molecule has 0 radical (unpaired) electrons. The van der Waals surface area contributed by atoms with Crippen molar-refractivity contribution in [3.63, 3.8) is 0 Å². The molecule has 0 unspecified atom stereocenters. The smallest absolute Gasteiger partial charge is 0.159 e. The van der Waals surface area contributed by atoms with Gasteiger partial charge in [-0.3, -0.25) is 0 Å². The molecular formula is C16H30O4. The summed E-state index contributed by atoms with van der Waals surface area (Å²) in [5.41, 5.74) is 1.06. The van der Waals surface area contributed by atoms with Crippen LogP contribution in [0.15, 0.2) is 18.2 Å². The van der Waals surface area contributed by atoms with Gasteiger partial charge in [0, 0.05) is 12.5 Å². The summed E-state index contributed by atoms with van der Waals surface area (Å²) in [5, 5.41) is 18.4. The topological polar surface area (TPSA) is 58.9 Å². The molecule has 0 aliphatic heterocycles. The van der Waals surface area contributed by atoms with Crippen molar-refractivity contribution in [3.8, 4) is 11.5 Å². The maximum atomic E-state index is 9.20. The van der Waals surface area contributed by atoms with E-state index in [2.05, 4.69) is 0 Å². The number of benzene rings is 1. The standard InChI is InChI=1S/C13H20O4.C2H6.CH4/c1-13(14,15)6-4-5-10-7-11(16-2)9-12(8-10)17-3;1-2;/h7-9,14-15H,4-6H2,1-3H3;1-2H3;1H4. The van der Waals surface area contributed by atoms with Gasteiger partial charge in [0.1, 0.15) is 11.5 Å². The third kappa shape index (κ3) is 8.77. The molecule has 0 saturated carbocycles. The highest BCUT2D eigenvalue weighted by Crippen LogP contribution is 2.24. The van der Waals surface area contributed by atoms with Crippen LogP contribution in [0.25, 0.3) is 0 Å². The minimum Gasteiger partial charge on any atom is -0.497 e. The lowest BCUT2D eigenvalue weighted by Crippen LogP contribution is -2.22. The summed E-state index contributed by atoms with van der Waals surface area (Å²) in [4.78, 5) is 0. The van der Waals surface area contributed by atoms with Crippen LogP contribution in [0.5, 0.6) is 11.5 Å². The van der Waals surface area contributed by atoms with E-state index < -0.39 is 5.79 Å². The Morgan fingerprint density at radius 3 is 1.80 bits per heavy atom. The number of methoxy groups -OCH3 is 2. The highest BCUT2D eigenvalue weighted by atomic mass is 16.5. The van der Waals surface area contributed by atoms with E-state index in [0.717, 1.165) is 23.5 Å². The summed E-state index contributed by atoms with van der Waals surface area (Å²) >= 11 is 0. The number of hydrogen-bond donors (Lipinski definition) is 2. The molecular weight excluding hydrogens is 256 g/mol. The van der Waals surface area contributed by atoms with Crippen LogP contribution in [0.4, 0.5) is 0 Å². The molecule has 0 aliphatic rings. The predicted octanol–water partition coefficient (Wildman–Crippen LogP) is 3.39. The van der Waals surface area contributed by atoms with Gasteiger partial charge in [0.2, 0.25) is 0 Å². The van der Waals surface area contributed by atoms with Gasteiger partial charge in [0.05, 0.1) is 14.2 Å². The summed E-state index contributed by atoms with van der Waals surface area (Å²) in [7, 11) is 3.22. The molecule has 0 spiro atoms. The molecule has 0 bridgehead atoms. The second-order valence-corrected chi connectivity index (χ2v) is 4.29. The fraction of sp³-hybridized carbons (Fsp3) is 0.625. The van der Waals surface area contributed by atoms with Crippen LogP contribution in [-0.2, 0) is 6.42 Å².